The highest BCUT2D eigenvalue weighted by Crippen LogP contribution is 2.29. The van der Waals surface area contributed by atoms with Crippen molar-refractivity contribution in [1.29, 1.82) is 0 Å². The Morgan fingerprint density at radius 2 is 2.24 bits per heavy atom. The van der Waals surface area contributed by atoms with Crippen LogP contribution in [-0.4, -0.2) is 48.6 Å². The van der Waals surface area contributed by atoms with E-state index in [0.717, 1.165) is 55.1 Å². The molecule has 1 aromatic carbocycles. The van der Waals surface area contributed by atoms with Crippen molar-refractivity contribution >= 4 is 23.3 Å². The molecule has 2 aromatic rings. The van der Waals surface area contributed by atoms with Gasteiger partial charge in [-0.2, -0.15) is 0 Å². The lowest BCUT2D eigenvalue weighted by molar-refractivity contribution is -0.126. The Morgan fingerprint density at radius 1 is 1.41 bits per heavy atom. The summed E-state index contributed by atoms with van der Waals surface area (Å²) in [6, 6.07) is 5.85. The van der Waals surface area contributed by atoms with Gasteiger partial charge >= 0.3 is 0 Å². The Labute approximate surface area is 176 Å². The van der Waals surface area contributed by atoms with E-state index in [2.05, 4.69) is 20.5 Å². The molecule has 0 saturated carbocycles. The summed E-state index contributed by atoms with van der Waals surface area (Å²) in [5, 5.41) is 6.86. The van der Waals surface area contributed by atoms with E-state index in [1.54, 1.807) is 0 Å². The number of aromatic nitrogens is 2. The minimum absolute atomic E-state index is 0.0572. The van der Waals surface area contributed by atoms with E-state index in [1.807, 2.05) is 31.3 Å². The van der Waals surface area contributed by atoms with Gasteiger partial charge < -0.3 is 21.3 Å². The molecule has 2 saturated heterocycles. The highest BCUT2D eigenvalue weighted by Gasteiger charge is 2.27. The van der Waals surface area contributed by atoms with Gasteiger partial charge in [-0.05, 0) is 37.4 Å². The van der Waals surface area contributed by atoms with E-state index in [-0.39, 0.29) is 11.8 Å². The number of nitrogens with zero attached hydrogens (tertiary/aromatic N) is 3. The highest BCUT2D eigenvalue weighted by atomic mass is 35.5. The summed E-state index contributed by atoms with van der Waals surface area (Å²) in [7, 11) is 0. The van der Waals surface area contributed by atoms with Crippen molar-refractivity contribution in [1.82, 2.24) is 20.6 Å². The van der Waals surface area contributed by atoms with Gasteiger partial charge in [0.25, 0.3) is 0 Å². The first kappa shape index (κ1) is 20.1. The lowest BCUT2D eigenvalue weighted by Gasteiger charge is -2.26. The first-order chi connectivity index (χ1) is 14.0. The first-order valence-electron chi connectivity index (χ1n) is 10.1. The third-order valence-corrected chi connectivity index (χ3v) is 6.20. The van der Waals surface area contributed by atoms with Crippen LogP contribution >= 0.6 is 11.6 Å². The molecule has 1 amide bonds. The fourth-order valence-electron chi connectivity index (χ4n) is 3.69. The van der Waals surface area contributed by atoms with Gasteiger partial charge in [-0.15, -0.1) is 0 Å². The smallest absolute Gasteiger partial charge is 0.225 e. The quantitative estimate of drug-likeness (QED) is 0.666. The monoisotopic (exact) mass is 414 g/mol. The molecule has 3 heterocycles. The normalized spacial score (nSPS) is 19.3. The topological polar surface area (TPSA) is 96.2 Å². The lowest BCUT2D eigenvalue weighted by atomic mass is 10.0. The van der Waals surface area contributed by atoms with Gasteiger partial charge in [0.15, 0.2) is 5.82 Å². The summed E-state index contributed by atoms with van der Waals surface area (Å²) in [4.78, 5) is 23.9. The van der Waals surface area contributed by atoms with Gasteiger partial charge in [-0.3, -0.25) is 4.79 Å². The van der Waals surface area contributed by atoms with Crippen molar-refractivity contribution in [3.05, 3.63) is 40.5 Å². The molecule has 0 bridgehead atoms. The van der Waals surface area contributed by atoms with E-state index in [0.29, 0.717) is 29.9 Å². The molecule has 1 aromatic heterocycles. The molecular weight excluding hydrogens is 388 g/mol. The van der Waals surface area contributed by atoms with Crippen molar-refractivity contribution in [2.45, 2.75) is 19.9 Å². The second-order valence-electron chi connectivity index (χ2n) is 7.92. The number of hydrogen-bond acceptors (Lipinski definition) is 6. The number of carbonyl (C=O) groups is 1. The zero-order chi connectivity index (χ0) is 20.4. The summed E-state index contributed by atoms with van der Waals surface area (Å²) in [6.45, 7) is 6.32. The summed E-state index contributed by atoms with van der Waals surface area (Å²) in [6.07, 6.45) is 2.87. The van der Waals surface area contributed by atoms with Gasteiger partial charge in [0.05, 0.1) is 5.92 Å². The van der Waals surface area contributed by atoms with Crippen LogP contribution in [0.3, 0.4) is 0 Å². The second-order valence-corrected chi connectivity index (χ2v) is 8.32. The van der Waals surface area contributed by atoms with Crippen LogP contribution in [0.1, 0.15) is 17.5 Å². The van der Waals surface area contributed by atoms with Crippen LogP contribution in [0.15, 0.2) is 24.4 Å². The Bertz CT molecular complexity index is 901. The van der Waals surface area contributed by atoms with Crippen LogP contribution < -0.4 is 21.3 Å². The maximum Gasteiger partial charge on any atom is 0.225 e. The number of benzene rings is 1. The standard InChI is InChI=1S/C21H27ClN6O/c1-13-2-3-15(6-18(13)22)19-25-10-16(11-26-21(29)17-8-24-9-17)20(27-19)28-5-4-14(7-23)12-28/h2-3,6,10,14,17,24H,4-5,7-9,11-12,23H2,1H3,(H,26,29). The molecule has 4 rings (SSSR count). The van der Waals surface area contributed by atoms with Crippen molar-refractivity contribution < 1.29 is 4.79 Å². The number of aryl methyl sites for hydroxylation is 1. The third-order valence-electron chi connectivity index (χ3n) is 5.80. The number of amides is 1. The largest absolute Gasteiger partial charge is 0.356 e. The molecule has 7 nitrogen and oxygen atoms in total. The molecule has 0 aliphatic carbocycles. The molecule has 1 unspecified atom stereocenters. The summed E-state index contributed by atoms with van der Waals surface area (Å²) < 4.78 is 0. The predicted molar refractivity (Wildman–Crippen MR) is 115 cm³/mol. The molecule has 0 radical (unpaired) electrons. The molecule has 8 heteroatoms. The summed E-state index contributed by atoms with van der Waals surface area (Å²) in [5.74, 6) is 2.10. The average molecular weight is 415 g/mol. The van der Waals surface area contributed by atoms with E-state index in [9.17, 15) is 4.79 Å². The molecule has 2 fully saturated rings. The maximum atomic E-state index is 12.3. The van der Waals surface area contributed by atoms with Crippen LogP contribution in [0.2, 0.25) is 5.02 Å². The lowest BCUT2D eigenvalue weighted by Crippen LogP contribution is -2.50. The van der Waals surface area contributed by atoms with E-state index in [1.165, 1.54) is 0 Å². The first-order valence-corrected chi connectivity index (χ1v) is 10.5. The number of rotatable bonds is 6. The molecule has 4 N–H and O–H groups in total. The molecule has 0 spiro atoms. The van der Waals surface area contributed by atoms with Crippen LogP contribution in [-0.2, 0) is 11.3 Å². The maximum absolute atomic E-state index is 12.3. The van der Waals surface area contributed by atoms with Gasteiger partial charge in [-0.25, -0.2) is 9.97 Å². The number of anilines is 1. The van der Waals surface area contributed by atoms with Crippen molar-refractivity contribution in [2.24, 2.45) is 17.6 Å². The number of nitrogens with one attached hydrogen (secondary N) is 2. The molecule has 154 valence electrons. The minimum atomic E-state index is 0.0572. The van der Waals surface area contributed by atoms with Gasteiger partial charge in [0, 0.05) is 55.1 Å². The van der Waals surface area contributed by atoms with Crippen LogP contribution in [0, 0.1) is 18.8 Å². The molecule has 2 aliphatic heterocycles. The Hall–Kier alpha value is -2.22. The van der Waals surface area contributed by atoms with Crippen molar-refractivity contribution in [3.8, 4) is 11.4 Å². The van der Waals surface area contributed by atoms with Crippen LogP contribution in [0.4, 0.5) is 5.82 Å². The predicted octanol–water partition coefficient (Wildman–Crippen LogP) is 1.73. The Morgan fingerprint density at radius 3 is 2.90 bits per heavy atom. The second kappa shape index (κ2) is 8.65. The van der Waals surface area contributed by atoms with Crippen LogP contribution in [0.5, 0.6) is 0 Å². The number of hydrogen-bond donors (Lipinski definition) is 3. The average Bonchev–Trinajstić information content (AvgIpc) is 3.16. The zero-order valence-corrected chi connectivity index (χ0v) is 17.4. The number of halogens is 1. The fourth-order valence-corrected chi connectivity index (χ4v) is 3.87. The van der Waals surface area contributed by atoms with Gasteiger partial charge in [-0.1, -0.05) is 23.7 Å². The third kappa shape index (κ3) is 4.37. The summed E-state index contributed by atoms with van der Waals surface area (Å²) >= 11 is 6.30. The molecular formula is C21H27ClN6O. The highest BCUT2D eigenvalue weighted by molar-refractivity contribution is 6.31. The number of carbonyl (C=O) groups excluding carboxylic acids is 1. The van der Waals surface area contributed by atoms with Gasteiger partial charge in [0.1, 0.15) is 5.82 Å². The minimum Gasteiger partial charge on any atom is -0.356 e. The molecule has 29 heavy (non-hydrogen) atoms. The summed E-state index contributed by atoms with van der Waals surface area (Å²) in [5.41, 5.74) is 8.70. The Kier molecular flexibility index (Phi) is 5.99. The van der Waals surface area contributed by atoms with E-state index < -0.39 is 0 Å². The molecule has 1 atom stereocenters. The van der Waals surface area contributed by atoms with Crippen molar-refractivity contribution in [2.75, 3.05) is 37.6 Å². The fraction of sp³-hybridized carbons (Fsp3) is 0.476. The van der Waals surface area contributed by atoms with Crippen LogP contribution in [0.25, 0.3) is 11.4 Å². The van der Waals surface area contributed by atoms with Gasteiger partial charge in [0.2, 0.25) is 5.91 Å². The number of nitrogens with two attached hydrogens (primary N) is 1. The SMILES string of the molecule is Cc1ccc(-c2ncc(CNC(=O)C3CNC3)c(N3CCC(CN)C3)n2)cc1Cl. The van der Waals surface area contributed by atoms with Crippen molar-refractivity contribution in [3.63, 3.8) is 0 Å². The molecule has 2 aliphatic rings. The Balaban J connectivity index is 1.61. The van der Waals surface area contributed by atoms with E-state index in [4.69, 9.17) is 22.3 Å². The zero-order valence-electron chi connectivity index (χ0n) is 16.6. The van der Waals surface area contributed by atoms with E-state index >= 15 is 0 Å².